The molecule has 0 saturated heterocycles. The molecule has 9 heteroatoms. The number of phenolic OH excluding ortho intramolecular Hbond substituents is 1. The topological polar surface area (TPSA) is 123 Å². The number of benzene rings is 4. The molecule has 0 spiro atoms. The Hall–Kier alpha value is -4.14. The van der Waals surface area contributed by atoms with Crippen LogP contribution in [0.25, 0.3) is 16.8 Å². The smallest absolute Gasteiger partial charge is 0.248 e. The van der Waals surface area contributed by atoms with Crippen LogP contribution in [0.3, 0.4) is 0 Å². The van der Waals surface area contributed by atoms with E-state index >= 15 is 0 Å². The molecule has 5 rings (SSSR count). The van der Waals surface area contributed by atoms with E-state index in [0.29, 0.717) is 11.4 Å². The van der Waals surface area contributed by atoms with Crippen molar-refractivity contribution in [1.29, 1.82) is 0 Å². The fourth-order valence-electron chi connectivity index (χ4n) is 5.03. The van der Waals surface area contributed by atoms with Gasteiger partial charge in [0.2, 0.25) is 5.91 Å². The number of carbonyl (C=O) groups excluding carboxylic acids is 1. The molecule has 4 aromatic rings. The van der Waals surface area contributed by atoms with Crippen molar-refractivity contribution in [1.82, 2.24) is 0 Å². The number of amides is 1. The van der Waals surface area contributed by atoms with Crippen molar-refractivity contribution in [2.75, 3.05) is 11.1 Å². The minimum Gasteiger partial charge on any atom is -0.507 e. The van der Waals surface area contributed by atoms with Crippen LogP contribution in [0.15, 0.2) is 88.8 Å². The predicted molar refractivity (Wildman–Crippen MR) is 176 cm³/mol. The Morgan fingerprint density at radius 2 is 1.76 bits per heavy atom. The van der Waals surface area contributed by atoms with Gasteiger partial charge < -0.3 is 26.6 Å². The van der Waals surface area contributed by atoms with E-state index in [4.69, 9.17) is 16.2 Å². The van der Waals surface area contributed by atoms with Crippen LogP contribution in [0.2, 0.25) is 0 Å². The lowest BCUT2D eigenvalue weighted by Gasteiger charge is -2.37. The number of ether oxygens (including phenoxy) is 1. The number of guanidine groups is 1. The highest BCUT2D eigenvalue weighted by atomic mass is 35.5. The Morgan fingerprint density at radius 1 is 1.07 bits per heavy atom. The highest BCUT2D eigenvalue weighted by molar-refractivity contribution is 7.99. The average Bonchev–Trinajstić information content (AvgIpc) is 2.96. The quantitative estimate of drug-likeness (QED) is 0.0738. The van der Waals surface area contributed by atoms with Crippen LogP contribution in [0.1, 0.15) is 36.5 Å². The van der Waals surface area contributed by atoms with Gasteiger partial charge in [0.1, 0.15) is 17.1 Å². The third kappa shape index (κ3) is 7.19. The van der Waals surface area contributed by atoms with E-state index in [1.807, 2.05) is 67.6 Å². The van der Waals surface area contributed by atoms with Gasteiger partial charge in [-0.05, 0) is 86.7 Å². The van der Waals surface area contributed by atoms with Crippen molar-refractivity contribution in [2.24, 2.45) is 16.5 Å². The highest BCUT2D eigenvalue weighted by Gasteiger charge is 2.34. The van der Waals surface area contributed by atoms with Crippen molar-refractivity contribution in [3.8, 4) is 11.5 Å². The zero-order chi connectivity index (χ0) is 29.0. The van der Waals surface area contributed by atoms with E-state index in [0.717, 1.165) is 68.8 Å². The molecule has 1 atom stereocenters. The van der Waals surface area contributed by atoms with Gasteiger partial charge in [-0.3, -0.25) is 4.79 Å². The predicted octanol–water partition coefficient (Wildman–Crippen LogP) is 7.10. The number of nitrogens with zero attached hydrogens (tertiary/aromatic N) is 1. The molecule has 6 N–H and O–H groups in total. The zero-order valence-corrected chi connectivity index (χ0v) is 25.2. The highest BCUT2D eigenvalue weighted by Crippen LogP contribution is 2.46. The lowest BCUT2D eigenvalue weighted by Crippen LogP contribution is -2.37. The van der Waals surface area contributed by atoms with Gasteiger partial charge >= 0.3 is 0 Å². The molecule has 0 aliphatic carbocycles. The summed E-state index contributed by atoms with van der Waals surface area (Å²) in [4.78, 5) is 17.5. The molecule has 7 nitrogen and oxygen atoms in total. The van der Waals surface area contributed by atoms with Gasteiger partial charge in [0.05, 0.1) is 5.69 Å². The minimum absolute atomic E-state index is 0. The molecule has 1 amide bonds. The lowest BCUT2D eigenvalue weighted by atomic mass is 9.86. The van der Waals surface area contributed by atoms with Gasteiger partial charge in [-0.1, -0.05) is 36.4 Å². The van der Waals surface area contributed by atoms with Crippen LogP contribution in [0, 0.1) is 6.92 Å². The summed E-state index contributed by atoms with van der Waals surface area (Å²) in [7, 11) is 0. The number of phenols is 1. The maximum absolute atomic E-state index is 12.4. The molecule has 1 heterocycles. The van der Waals surface area contributed by atoms with E-state index in [-0.39, 0.29) is 29.9 Å². The van der Waals surface area contributed by atoms with E-state index in [1.54, 1.807) is 30.0 Å². The SMILES string of the molecule is Cc1c2c(c3ccccc3c1O)OC(C)(CCSc1ccc(NC(=O)C=Cc3ccc(N=C(N)N)cc3)cc1)CC2.Cl. The Morgan fingerprint density at radius 3 is 2.45 bits per heavy atom. The summed E-state index contributed by atoms with van der Waals surface area (Å²) >= 11 is 1.77. The third-order valence-corrected chi connectivity index (χ3v) is 8.37. The second kappa shape index (κ2) is 13.2. The van der Waals surface area contributed by atoms with Gasteiger partial charge in [-0.2, -0.15) is 0 Å². The molecule has 4 aromatic carbocycles. The maximum atomic E-state index is 12.4. The minimum atomic E-state index is -0.280. The third-order valence-electron chi connectivity index (χ3n) is 7.36. The molecule has 0 radical (unpaired) electrons. The molecule has 1 aliphatic rings. The summed E-state index contributed by atoms with van der Waals surface area (Å²) in [6, 6.07) is 23.0. The molecule has 1 aliphatic heterocycles. The summed E-state index contributed by atoms with van der Waals surface area (Å²) in [5.74, 6) is 1.96. The number of rotatable bonds is 8. The fraction of sp³-hybridized carbons (Fsp3) is 0.212. The van der Waals surface area contributed by atoms with Crippen molar-refractivity contribution in [3.63, 3.8) is 0 Å². The number of aliphatic imine (C=N–C) groups is 1. The van der Waals surface area contributed by atoms with E-state index < -0.39 is 0 Å². The number of hydrogen-bond donors (Lipinski definition) is 4. The number of aromatic hydroxyl groups is 1. The Labute approximate surface area is 256 Å². The number of nitrogens with two attached hydrogens (primary N) is 2. The van der Waals surface area contributed by atoms with Crippen molar-refractivity contribution < 1.29 is 14.6 Å². The first-order chi connectivity index (χ1) is 19.7. The van der Waals surface area contributed by atoms with Crippen molar-refractivity contribution in [3.05, 3.63) is 95.6 Å². The normalized spacial score (nSPS) is 15.9. The largest absolute Gasteiger partial charge is 0.507 e. The molecule has 0 saturated carbocycles. The monoisotopic (exact) mass is 602 g/mol. The second-order valence-corrected chi connectivity index (χ2v) is 11.6. The van der Waals surface area contributed by atoms with Crippen LogP contribution in [-0.2, 0) is 11.2 Å². The first kappa shape index (κ1) is 30.8. The van der Waals surface area contributed by atoms with E-state index in [9.17, 15) is 9.90 Å². The second-order valence-electron chi connectivity index (χ2n) is 10.5. The number of anilines is 1. The molecule has 1 unspecified atom stereocenters. The summed E-state index contributed by atoms with van der Waals surface area (Å²) in [6.45, 7) is 4.15. The Kier molecular flexibility index (Phi) is 9.70. The molecular formula is C33H35ClN4O3S. The number of halogens is 1. The summed E-state index contributed by atoms with van der Waals surface area (Å²) in [6.07, 6.45) is 5.90. The van der Waals surface area contributed by atoms with Crippen LogP contribution in [-0.4, -0.2) is 28.3 Å². The first-order valence-corrected chi connectivity index (χ1v) is 14.5. The number of nitrogens with one attached hydrogen (secondary N) is 1. The summed E-state index contributed by atoms with van der Waals surface area (Å²) in [5.41, 5.74) is 14.8. The molecule has 0 bridgehead atoms. The van der Waals surface area contributed by atoms with Crippen molar-refractivity contribution >= 4 is 64.3 Å². The number of fused-ring (bicyclic) bond motifs is 3. The maximum Gasteiger partial charge on any atom is 0.248 e. The molecule has 218 valence electrons. The Bertz CT molecular complexity index is 1630. The van der Waals surface area contributed by atoms with E-state index in [1.165, 1.54) is 6.08 Å². The lowest BCUT2D eigenvalue weighted by molar-refractivity contribution is -0.111. The molecule has 42 heavy (non-hydrogen) atoms. The van der Waals surface area contributed by atoms with E-state index in [2.05, 4.69) is 17.2 Å². The number of carbonyl (C=O) groups is 1. The van der Waals surface area contributed by atoms with Crippen molar-refractivity contribution in [2.45, 2.75) is 43.6 Å². The fourth-order valence-corrected chi connectivity index (χ4v) is 6.13. The molecular weight excluding hydrogens is 568 g/mol. The van der Waals surface area contributed by atoms with Gasteiger partial charge in [0.15, 0.2) is 5.96 Å². The average molecular weight is 603 g/mol. The van der Waals surface area contributed by atoms with Crippen LogP contribution in [0.4, 0.5) is 11.4 Å². The Balaban J connectivity index is 0.00000405. The van der Waals surface area contributed by atoms with Crippen LogP contribution >= 0.6 is 24.2 Å². The number of thioether (sulfide) groups is 1. The number of hydrogen-bond acceptors (Lipinski definition) is 5. The van der Waals surface area contributed by atoms with Gasteiger partial charge in [-0.25, -0.2) is 4.99 Å². The zero-order valence-electron chi connectivity index (χ0n) is 23.6. The molecule has 0 fully saturated rings. The van der Waals surface area contributed by atoms with Gasteiger partial charge in [-0.15, -0.1) is 24.2 Å². The van der Waals surface area contributed by atoms with Gasteiger partial charge in [0, 0.05) is 38.7 Å². The summed E-state index contributed by atoms with van der Waals surface area (Å²) < 4.78 is 6.65. The standard InChI is InChI=1S/C33H34N4O3S.ClH/c1-21-26-17-18-33(2,40-31(26)28-6-4-3-5-27(28)30(21)39)19-20-41-25-14-12-23(13-15-25)36-29(38)16-9-22-7-10-24(11-8-22)37-32(34)35;/h3-16,39H,17-20H2,1-2H3,(H,36,38)(H4,34,35,37);1H. The molecule has 0 aromatic heterocycles. The van der Waals surface area contributed by atoms with Gasteiger partial charge in [0.25, 0.3) is 0 Å². The first-order valence-electron chi connectivity index (χ1n) is 13.5. The summed E-state index contributed by atoms with van der Waals surface area (Å²) in [5, 5.41) is 15.4. The van der Waals surface area contributed by atoms with Crippen LogP contribution in [0.5, 0.6) is 11.5 Å². The van der Waals surface area contributed by atoms with Crippen LogP contribution < -0.4 is 21.5 Å².